The van der Waals surface area contributed by atoms with Gasteiger partial charge in [0.15, 0.2) is 5.16 Å². The zero-order chi connectivity index (χ0) is 14.4. The maximum atomic E-state index is 12.9. The van der Waals surface area contributed by atoms with E-state index in [-0.39, 0.29) is 12.4 Å². The van der Waals surface area contributed by atoms with Gasteiger partial charge in [0.25, 0.3) is 0 Å². The molecule has 1 aromatic heterocycles. The van der Waals surface area contributed by atoms with Gasteiger partial charge in [-0.3, -0.25) is 0 Å². The molecule has 0 aliphatic heterocycles. The third kappa shape index (κ3) is 3.82. The topological polar surface area (TPSA) is 47.3 Å². The molecule has 1 heterocycles. The molecule has 0 atom stereocenters. The third-order valence-electron chi connectivity index (χ3n) is 2.84. The molecule has 20 heavy (non-hydrogen) atoms. The predicted molar refractivity (Wildman–Crippen MR) is 76.3 cm³/mol. The van der Waals surface area contributed by atoms with Crippen LogP contribution in [0.4, 0.5) is 4.39 Å². The summed E-state index contributed by atoms with van der Waals surface area (Å²) in [5, 5.41) is 10.2. The number of aromatic nitrogens is 2. The van der Waals surface area contributed by atoms with Gasteiger partial charge in [0.1, 0.15) is 5.82 Å². The highest BCUT2D eigenvalue weighted by molar-refractivity contribution is 7.99. The van der Waals surface area contributed by atoms with Crippen LogP contribution in [0, 0.1) is 5.82 Å². The summed E-state index contributed by atoms with van der Waals surface area (Å²) in [4.78, 5) is 4.31. The number of rotatable bonds is 7. The number of aliphatic hydroxyl groups excluding tert-OH is 1. The number of imidazole rings is 1. The Morgan fingerprint density at radius 3 is 2.75 bits per heavy atom. The molecule has 0 spiro atoms. The number of benzene rings is 1. The van der Waals surface area contributed by atoms with Crippen LogP contribution in [-0.2, 0) is 17.9 Å². The van der Waals surface area contributed by atoms with Crippen LogP contribution in [0.5, 0.6) is 0 Å². The standard InChI is InChI=1S/C14H17FN2O2S/c1-19-6-7-20-14-16-8-13(10-18)17(14)9-11-2-4-12(15)5-3-11/h2-5,8,18H,6-7,9-10H2,1H3. The Bertz CT molecular complexity index is 543. The Hall–Kier alpha value is -1.37. The molecule has 1 N–H and O–H groups in total. The van der Waals surface area contributed by atoms with E-state index in [2.05, 4.69) is 4.98 Å². The lowest BCUT2D eigenvalue weighted by Gasteiger charge is -2.10. The monoisotopic (exact) mass is 296 g/mol. The summed E-state index contributed by atoms with van der Waals surface area (Å²) >= 11 is 1.57. The molecule has 2 aromatic rings. The van der Waals surface area contributed by atoms with Gasteiger partial charge in [-0.25, -0.2) is 9.37 Å². The summed E-state index contributed by atoms with van der Waals surface area (Å²) in [6, 6.07) is 6.34. The first-order chi connectivity index (χ1) is 9.74. The van der Waals surface area contributed by atoms with Crippen LogP contribution in [0.25, 0.3) is 0 Å². The fraction of sp³-hybridized carbons (Fsp3) is 0.357. The molecule has 0 aliphatic carbocycles. The lowest BCUT2D eigenvalue weighted by Crippen LogP contribution is -2.07. The molecule has 6 heteroatoms. The van der Waals surface area contributed by atoms with Crippen molar-refractivity contribution in [3.8, 4) is 0 Å². The van der Waals surface area contributed by atoms with Crippen molar-refractivity contribution in [2.24, 2.45) is 0 Å². The van der Waals surface area contributed by atoms with E-state index in [0.717, 1.165) is 22.2 Å². The fourth-order valence-corrected chi connectivity index (χ4v) is 2.69. The molecular formula is C14H17FN2O2S. The normalized spacial score (nSPS) is 10.9. The zero-order valence-electron chi connectivity index (χ0n) is 11.3. The smallest absolute Gasteiger partial charge is 0.168 e. The van der Waals surface area contributed by atoms with E-state index >= 15 is 0 Å². The highest BCUT2D eigenvalue weighted by Gasteiger charge is 2.10. The molecule has 1 aromatic carbocycles. The first kappa shape index (κ1) is 15.0. The SMILES string of the molecule is COCCSc1ncc(CO)n1Cc1ccc(F)cc1. The van der Waals surface area contributed by atoms with Gasteiger partial charge in [-0.2, -0.15) is 0 Å². The minimum absolute atomic E-state index is 0.0704. The summed E-state index contributed by atoms with van der Waals surface area (Å²) in [6.07, 6.45) is 1.67. The molecule has 0 saturated heterocycles. The van der Waals surface area contributed by atoms with Crippen LogP contribution in [0.3, 0.4) is 0 Å². The Kier molecular flexibility index (Phi) is 5.58. The lowest BCUT2D eigenvalue weighted by atomic mass is 10.2. The highest BCUT2D eigenvalue weighted by Crippen LogP contribution is 2.20. The predicted octanol–water partition coefficient (Wildman–Crippen LogP) is 2.30. The Morgan fingerprint density at radius 1 is 1.35 bits per heavy atom. The maximum Gasteiger partial charge on any atom is 0.168 e. The van der Waals surface area contributed by atoms with E-state index in [1.807, 2.05) is 4.57 Å². The van der Waals surface area contributed by atoms with Crippen LogP contribution in [-0.4, -0.2) is 34.1 Å². The van der Waals surface area contributed by atoms with Crippen molar-refractivity contribution in [1.29, 1.82) is 0 Å². The summed E-state index contributed by atoms with van der Waals surface area (Å²) in [6.45, 7) is 1.13. The fourth-order valence-electron chi connectivity index (χ4n) is 1.79. The van der Waals surface area contributed by atoms with Crippen molar-refractivity contribution in [3.05, 3.63) is 47.5 Å². The number of thioether (sulfide) groups is 1. The number of aliphatic hydroxyl groups is 1. The van der Waals surface area contributed by atoms with E-state index in [9.17, 15) is 9.50 Å². The second-order valence-electron chi connectivity index (χ2n) is 4.24. The van der Waals surface area contributed by atoms with Gasteiger partial charge in [0.05, 0.1) is 25.1 Å². The number of methoxy groups -OCH3 is 1. The maximum absolute atomic E-state index is 12.9. The van der Waals surface area contributed by atoms with Crippen LogP contribution < -0.4 is 0 Å². The molecule has 0 amide bonds. The molecule has 0 fully saturated rings. The van der Waals surface area contributed by atoms with E-state index in [4.69, 9.17) is 4.74 Å². The molecule has 108 valence electrons. The van der Waals surface area contributed by atoms with E-state index < -0.39 is 0 Å². The van der Waals surface area contributed by atoms with Crippen molar-refractivity contribution < 1.29 is 14.2 Å². The van der Waals surface area contributed by atoms with Crippen LogP contribution in [0.2, 0.25) is 0 Å². The summed E-state index contributed by atoms with van der Waals surface area (Å²) in [5.74, 6) is 0.540. The van der Waals surface area contributed by atoms with Gasteiger partial charge in [0.2, 0.25) is 0 Å². The van der Waals surface area contributed by atoms with E-state index in [1.54, 1.807) is 37.2 Å². The number of hydrogen-bond acceptors (Lipinski definition) is 4. The van der Waals surface area contributed by atoms with Crippen molar-refractivity contribution in [2.75, 3.05) is 19.5 Å². The average Bonchev–Trinajstić information content (AvgIpc) is 2.84. The Morgan fingerprint density at radius 2 is 2.10 bits per heavy atom. The first-order valence-electron chi connectivity index (χ1n) is 6.26. The van der Waals surface area contributed by atoms with Gasteiger partial charge < -0.3 is 14.4 Å². The Balaban J connectivity index is 2.15. The number of halogens is 1. The van der Waals surface area contributed by atoms with E-state index in [0.29, 0.717) is 13.2 Å². The van der Waals surface area contributed by atoms with Gasteiger partial charge in [-0.1, -0.05) is 23.9 Å². The first-order valence-corrected chi connectivity index (χ1v) is 7.24. The minimum Gasteiger partial charge on any atom is -0.390 e. The number of nitrogens with zero attached hydrogens (tertiary/aromatic N) is 2. The summed E-state index contributed by atoms with van der Waals surface area (Å²) in [5.41, 5.74) is 1.71. The summed E-state index contributed by atoms with van der Waals surface area (Å²) < 4.78 is 19.9. The lowest BCUT2D eigenvalue weighted by molar-refractivity contribution is 0.218. The molecule has 4 nitrogen and oxygen atoms in total. The molecular weight excluding hydrogens is 279 g/mol. The molecule has 0 unspecified atom stereocenters. The quantitative estimate of drug-likeness (QED) is 0.629. The largest absolute Gasteiger partial charge is 0.390 e. The molecule has 0 saturated carbocycles. The molecule has 0 aliphatic rings. The van der Waals surface area contributed by atoms with Crippen LogP contribution in [0.1, 0.15) is 11.3 Å². The second kappa shape index (κ2) is 7.42. The highest BCUT2D eigenvalue weighted by atomic mass is 32.2. The number of hydrogen-bond donors (Lipinski definition) is 1. The van der Waals surface area contributed by atoms with Crippen molar-refractivity contribution in [2.45, 2.75) is 18.3 Å². The third-order valence-corrected chi connectivity index (χ3v) is 3.79. The van der Waals surface area contributed by atoms with Crippen LogP contribution >= 0.6 is 11.8 Å². The summed E-state index contributed by atoms with van der Waals surface area (Å²) in [7, 11) is 1.66. The molecule has 0 bridgehead atoms. The van der Waals surface area contributed by atoms with Gasteiger partial charge in [-0.05, 0) is 17.7 Å². The minimum atomic E-state index is -0.253. The van der Waals surface area contributed by atoms with Crippen molar-refractivity contribution in [3.63, 3.8) is 0 Å². The Labute approximate surface area is 121 Å². The van der Waals surface area contributed by atoms with E-state index in [1.165, 1.54) is 12.1 Å². The van der Waals surface area contributed by atoms with Gasteiger partial charge >= 0.3 is 0 Å². The molecule has 0 radical (unpaired) electrons. The number of ether oxygens (including phenoxy) is 1. The van der Waals surface area contributed by atoms with Gasteiger partial charge in [-0.15, -0.1) is 0 Å². The van der Waals surface area contributed by atoms with Crippen molar-refractivity contribution >= 4 is 11.8 Å². The molecule has 2 rings (SSSR count). The zero-order valence-corrected chi connectivity index (χ0v) is 12.1. The second-order valence-corrected chi connectivity index (χ2v) is 5.31. The van der Waals surface area contributed by atoms with Gasteiger partial charge in [0, 0.05) is 19.4 Å². The van der Waals surface area contributed by atoms with Crippen molar-refractivity contribution in [1.82, 2.24) is 9.55 Å². The average molecular weight is 296 g/mol. The van der Waals surface area contributed by atoms with Crippen LogP contribution in [0.15, 0.2) is 35.6 Å².